The van der Waals surface area contributed by atoms with E-state index in [1.54, 1.807) is 4.90 Å². The minimum atomic E-state index is -0.486. The Labute approximate surface area is 178 Å². The summed E-state index contributed by atoms with van der Waals surface area (Å²) in [5, 5.41) is 6.39. The quantitative estimate of drug-likeness (QED) is 0.290. The lowest BCUT2D eigenvalue weighted by Gasteiger charge is -2.36. The van der Waals surface area contributed by atoms with E-state index in [4.69, 9.17) is 10.3 Å². The molecular weight excluding hydrogens is 384 g/mol. The van der Waals surface area contributed by atoms with Gasteiger partial charge in [-0.1, -0.05) is 11.5 Å². The Kier molecular flexibility index (Phi) is 8.80. The van der Waals surface area contributed by atoms with Gasteiger partial charge in [0, 0.05) is 55.4 Å². The van der Waals surface area contributed by atoms with E-state index in [9.17, 15) is 9.59 Å². The molecule has 9 nitrogen and oxygen atoms in total. The highest BCUT2D eigenvalue weighted by atomic mass is 16.6. The summed E-state index contributed by atoms with van der Waals surface area (Å²) in [6.45, 7) is 8.79. The first-order chi connectivity index (χ1) is 14.3. The van der Waals surface area contributed by atoms with Gasteiger partial charge in [-0.25, -0.2) is 4.79 Å². The van der Waals surface area contributed by atoms with Gasteiger partial charge in [-0.15, -0.1) is 0 Å². The average Bonchev–Trinajstić information content (AvgIpc) is 2.70. The number of azide groups is 1. The number of amides is 2. The molecule has 1 heterocycles. The van der Waals surface area contributed by atoms with Crippen LogP contribution in [0.3, 0.4) is 0 Å². The summed E-state index contributed by atoms with van der Waals surface area (Å²) in [6, 6.07) is 7.77. The number of ether oxygens (including phenoxy) is 1. The van der Waals surface area contributed by atoms with Gasteiger partial charge in [0.1, 0.15) is 5.60 Å². The van der Waals surface area contributed by atoms with Crippen LogP contribution in [0.25, 0.3) is 10.4 Å². The molecule has 0 atom stereocenters. The fraction of sp³-hybridized carbons (Fsp3) is 0.619. The number of carbonyl (C=O) groups is 2. The van der Waals surface area contributed by atoms with E-state index in [2.05, 4.69) is 20.2 Å². The number of benzene rings is 1. The second-order valence-corrected chi connectivity index (χ2v) is 8.31. The molecule has 1 fully saturated rings. The Morgan fingerprint density at radius 2 is 1.77 bits per heavy atom. The van der Waals surface area contributed by atoms with E-state index in [-0.39, 0.29) is 12.0 Å². The topological polar surface area (TPSA) is 111 Å². The van der Waals surface area contributed by atoms with Gasteiger partial charge in [-0.2, -0.15) is 0 Å². The number of hydrogen-bond acceptors (Lipinski definition) is 5. The van der Waals surface area contributed by atoms with Gasteiger partial charge in [0.15, 0.2) is 0 Å². The van der Waals surface area contributed by atoms with Crippen LogP contribution in [-0.4, -0.2) is 55.2 Å². The standard InChI is InChI=1S/C21H32N6O3/c1-21(2,3)30-20(29)27-15-13-26(14-16-27)18-10-8-17(9-11-18)24-19(28)7-5-4-6-12-23-25-22/h8-11H,4-7,12-16H2,1-3H3,(H,24,28). The highest BCUT2D eigenvalue weighted by Gasteiger charge is 2.25. The second-order valence-electron chi connectivity index (χ2n) is 8.31. The maximum absolute atomic E-state index is 12.2. The van der Waals surface area contributed by atoms with Crippen molar-refractivity contribution in [1.82, 2.24) is 4.90 Å². The molecule has 1 N–H and O–H groups in total. The zero-order valence-electron chi connectivity index (χ0n) is 18.1. The minimum Gasteiger partial charge on any atom is -0.444 e. The van der Waals surface area contributed by atoms with Gasteiger partial charge in [-0.3, -0.25) is 4.79 Å². The molecule has 2 amide bonds. The zero-order chi connectivity index (χ0) is 22.0. The summed E-state index contributed by atoms with van der Waals surface area (Å²) in [5.41, 5.74) is 9.57. The largest absolute Gasteiger partial charge is 0.444 e. The van der Waals surface area contributed by atoms with Crippen LogP contribution in [0.5, 0.6) is 0 Å². The van der Waals surface area contributed by atoms with Crippen molar-refractivity contribution >= 4 is 23.4 Å². The summed E-state index contributed by atoms with van der Waals surface area (Å²) in [6.07, 6.45) is 2.61. The number of anilines is 2. The molecule has 1 aliphatic heterocycles. The van der Waals surface area contributed by atoms with Crippen molar-refractivity contribution in [1.29, 1.82) is 0 Å². The fourth-order valence-corrected chi connectivity index (χ4v) is 3.14. The van der Waals surface area contributed by atoms with Crippen LogP contribution < -0.4 is 10.2 Å². The molecule has 0 radical (unpaired) electrons. The number of nitrogens with zero attached hydrogens (tertiary/aromatic N) is 5. The predicted molar refractivity (Wildman–Crippen MR) is 118 cm³/mol. The molecule has 0 aromatic heterocycles. The normalized spacial score (nSPS) is 14.1. The summed E-state index contributed by atoms with van der Waals surface area (Å²) < 4.78 is 5.43. The molecule has 0 bridgehead atoms. The van der Waals surface area contributed by atoms with Gasteiger partial charge >= 0.3 is 6.09 Å². The third-order valence-electron chi connectivity index (χ3n) is 4.67. The molecule has 0 saturated carbocycles. The maximum atomic E-state index is 12.2. The van der Waals surface area contributed by atoms with Crippen molar-refractivity contribution < 1.29 is 14.3 Å². The van der Waals surface area contributed by atoms with Gasteiger partial charge in [0.2, 0.25) is 5.91 Å². The average molecular weight is 417 g/mol. The Balaban J connectivity index is 1.73. The van der Waals surface area contributed by atoms with Crippen molar-refractivity contribution in [3.05, 3.63) is 34.7 Å². The number of hydrogen-bond donors (Lipinski definition) is 1. The lowest BCUT2D eigenvalue weighted by molar-refractivity contribution is -0.116. The van der Waals surface area contributed by atoms with E-state index in [1.165, 1.54) is 0 Å². The first-order valence-electron chi connectivity index (χ1n) is 10.4. The number of unbranched alkanes of at least 4 members (excludes halogenated alkanes) is 2. The smallest absolute Gasteiger partial charge is 0.410 e. The van der Waals surface area contributed by atoms with Crippen LogP contribution in [0.2, 0.25) is 0 Å². The minimum absolute atomic E-state index is 0.0162. The molecule has 9 heteroatoms. The SMILES string of the molecule is CC(C)(C)OC(=O)N1CCN(c2ccc(NC(=O)CCCCCN=[N+]=[N-])cc2)CC1. The van der Waals surface area contributed by atoms with Gasteiger partial charge in [-0.05, 0) is 63.4 Å². The fourth-order valence-electron chi connectivity index (χ4n) is 3.14. The molecular formula is C21H32N6O3. The van der Waals surface area contributed by atoms with E-state index in [0.717, 1.165) is 43.7 Å². The van der Waals surface area contributed by atoms with Crippen LogP contribution in [0, 0.1) is 0 Å². The van der Waals surface area contributed by atoms with Crippen LogP contribution in [0.4, 0.5) is 16.2 Å². The molecule has 2 rings (SSSR count). The van der Waals surface area contributed by atoms with Crippen LogP contribution in [-0.2, 0) is 9.53 Å². The molecule has 0 aliphatic carbocycles. The van der Waals surface area contributed by atoms with E-state index in [0.29, 0.717) is 26.1 Å². The van der Waals surface area contributed by atoms with Crippen LogP contribution in [0.1, 0.15) is 46.5 Å². The molecule has 1 aromatic rings. The summed E-state index contributed by atoms with van der Waals surface area (Å²) >= 11 is 0. The summed E-state index contributed by atoms with van der Waals surface area (Å²) in [5.74, 6) is -0.0162. The van der Waals surface area contributed by atoms with E-state index in [1.807, 2.05) is 45.0 Å². The first kappa shape index (κ1) is 23.3. The van der Waals surface area contributed by atoms with Crippen LogP contribution in [0.15, 0.2) is 29.4 Å². The zero-order valence-corrected chi connectivity index (χ0v) is 18.1. The Morgan fingerprint density at radius 1 is 1.10 bits per heavy atom. The molecule has 1 aromatic carbocycles. The van der Waals surface area contributed by atoms with E-state index < -0.39 is 5.60 Å². The Bertz CT molecular complexity index is 745. The lowest BCUT2D eigenvalue weighted by atomic mass is 10.2. The molecule has 0 unspecified atom stereocenters. The van der Waals surface area contributed by atoms with Crippen molar-refractivity contribution in [3.8, 4) is 0 Å². The summed E-state index contributed by atoms with van der Waals surface area (Å²) in [4.78, 5) is 30.9. The van der Waals surface area contributed by atoms with Crippen molar-refractivity contribution in [2.75, 3.05) is 42.9 Å². The maximum Gasteiger partial charge on any atom is 0.410 e. The van der Waals surface area contributed by atoms with E-state index >= 15 is 0 Å². The van der Waals surface area contributed by atoms with Crippen molar-refractivity contribution in [2.24, 2.45) is 5.11 Å². The number of piperazine rings is 1. The molecule has 164 valence electrons. The first-order valence-corrected chi connectivity index (χ1v) is 10.4. The second kappa shape index (κ2) is 11.3. The molecule has 1 saturated heterocycles. The highest BCUT2D eigenvalue weighted by Crippen LogP contribution is 2.21. The third-order valence-corrected chi connectivity index (χ3v) is 4.67. The monoisotopic (exact) mass is 416 g/mol. The Hall–Kier alpha value is -2.93. The third kappa shape index (κ3) is 8.21. The molecule has 1 aliphatic rings. The number of nitrogens with one attached hydrogen (secondary N) is 1. The lowest BCUT2D eigenvalue weighted by Crippen LogP contribution is -2.50. The number of rotatable bonds is 8. The van der Waals surface area contributed by atoms with Crippen molar-refractivity contribution in [3.63, 3.8) is 0 Å². The Morgan fingerprint density at radius 3 is 2.37 bits per heavy atom. The highest BCUT2D eigenvalue weighted by molar-refractivity contribution is 5.90. The van der Waals surface area contributed by atoms with Crippen molar-refractivity contribution in [2.45, 2.75) is 52.1 Å². The van der Waals surface area contributed by atoms with Gasteiger partial charge in [0.05, 0.1) is 0 Å². The summed E-state index contributed by atoms with van der Waals surface area (Å²) in [7, 11) is 0. The van der Waals surface area contributed by atoms with Gasteiger partial charge < -0.3 is 19.9 Å². The predicted octanol–water partition coefficient (Wildman–Crippen LogP) is 4.55. The van der Waals surface area contributed by atoms with Crippen LogP contribution >= 0.6 is 0 Å². The van der Waals surface area contributed by atoms with Gasteiger partial charge in [0.25, 0.3) is 0 Å². The molecule has 30 heavy (non-hydrogen) atoms. The number of carbonyl (C=O) groups excluding carboxylic acids is 2. The molecule has 0 spiro atoms.